The van der Waals surface area contributed by atoms with Gasteiger partial charge in [0.1, 0.15) is 5.82 Å². The molecule has 62 valence electrons. The van der Waals surface area contributed by atoms with Gasteiger partial charge in [0.25, 0.3) is 0 Å². The van der Waals surface area contributed by atoms with E-state index in [1.165, 1.54) is 24.3 Å². The topological polar surface area (TPSA) is 17.1 Å². The van der Waals surface area contributed by atoms with Crippen molar-refractivity contribution in [1.29, 1.82) is 0 Å². The van der Waals surface area contributed by atoms with E-state index < -0.39 is 5.24 Å². The van der Waals surface area contributed by atoms with Crippen molar-refractivity contribution in [2.75, 3.05) is 0 Å². The molecule has 0 amide bonds. The van der Waals surface area contributed by atoms with Crippen LogP contribution in [0.15, 0.2) is 30.3 Å². The number of allylic oxidation sites excluding steroid dienone is 1. The summed E-state index contributed by atoms with van der Waals surface area (Å²) in [6.07, 6.45) is 2.74. The van der Waals surface area contributed by atoms with Crippen molar-refractivity contribution in [1.82, 2.24) is 0 Å². The van der Waals surface area contributed by atoms with Gasteiger partial charge in [-0.05, 0) is 35.4 Å². The van der Waals surface area contributed by atoms with E-state index in [9.17, 15) is 9.18 Å². The van der Waals surface area contributed by atoms with Gasteiger partial charge < -0.3 is 0 Å². The summed E-state index contributed by atoms with van der Waals surface area (Å²) in [7, 11) is 0. The molecule has 0 atom stereocenters. The molecule has 0 fully saturated rings. The van der Waals surface area contributed by atoms with Crippen LogP contribution in [0.1, 0.15) is 5.56 Å². The van der Waals surface area contributed by atoms with E-state index >= 15 is 0 Å². The molecule has 1 aromatic rings. The Kier molecular flexibility index (Phi) is 3.00. The van der Waals surface area contributed by atoms with Gasteiger partial charge in [0.05, 0.1) is 0 Å². The highest BCUT2D eigenvalue weighted by Crippen LogP contribution is 2.04. The summed E-state index contributed by atoms with van der Waals surface area (Å²) in [4.78, 5) is 10.3. The minimum atomic E-state index is -0.542. The Bertz CT molecular complexity index is 303. The molecule has 1 aromatic carbocycles. The molecule has 12 heavy (non-hydrogen) atoms. The molecule has 0 saturated heterocycles. The van der Waals surface area contributed by atoms with E-state index in [1.807, 2.05) is 0 Å². The monoisotopic (exact) mass is 184 g/mol. The van der Waals surface area contributed by atoms with Gasteiger partial charge in [-0.1, -0.05) is 18.2 Å². The lowest BCUT2D eigenvalue weighted by Gasteiger charge is -1.90. The van der Waals surface area contributed by atoms with E-state index in [-0.39, 0.29) is 5.82 Å². The maximum Gasteiger partial charge on any atom is 0.245 e. The Hall–Kier alpha value is -1.15. The van der Waals surface area contributed by atoms with Gasteiger partial charge >= 0.3 is 0 Å². The number of rotatable bonds is 2. The largest absolute Gasteiger partial charge is 0.276 e. The molecule has 0 heterocycles. The van der Waals surface area contributed by atoms with Crippen molar-refractivity contribution in [3.05, 3.63) is 41.7 Å². The molecule has 0 radical (unpaired) electrons. The first-order valence-electron chi connectivity index (χ1n) is 3.31. The summed E-state index contributed by atoms with van der Waals surface area (Å²) >= 11 is 5.06. The smallest absolute Gasteiger partial charge is 0.245 e. The van der Waals surface area contributed by atoms with Crippen molar-refractivity contribution in [2.45, 2.75) is 0 Å². The third kappa shape index (κ3) is 2.84. The van der Waals surface area contributed by atoms with Crippen LogP contribution in [0, 0.1) is 5.82 Å². The lowest BCUT2D eigenvalue weighted by molar-refractivity contribution is -0.107. The number of benzene rings is 1. The third-order valence-electron chi connectivity index (χ3n) is 1.28. The minimum absolute atomic E-state index is 0.302. The molecule has 0 spiro atoms. The van der Waals surface area contributed by atoms with E-state index in [0.29, 0.717) is 0 Å². The fraction of sp³-hybridized carbons (Fsp3) is 0. The van der Waals surface area contributed by atoms with Crippen LogP contribution < -0.4 is 0 Å². The highest BCUT2D eigenvalue weighted by molar-refractivity contribution is 6.66. The lowest BCUT2D eigenvalue weighted by Crippen LogP contribution is -1.77. The Morgan fingerprint density at radius 1 is 1.33 bits per heavy atom. The summed E-state index contributed by atoms with van der Waals surface area (Å²) in [6, 6.07) is 5.76. The first-order valence-corrected chi connectivity index (χ1v) is 3.69. The molecular formula is C9H6ClFO. The second kappa shape index (κ2) is 4.02. The minimum Gasteiger partial charge on any atom is -0.276 e. The van der Waals surface area contributed by atoms with Crippen molar-refractivity contribution in [3.63, 3.8) is 0 Å². The van der Waals surface area contributed by atoms with Gasteiger partial charge in [0.2, 0.25) is 5.24 Å². The van der Waals surface area contributed by atoms with Crippen molar-refractivity contribution >= 4 is 22.9 Å². The summed E-state index contributed by atoms with van der Waals surface area (Å²) in [5.41, 5.74) is 0.741. The Balaban J connectivity index is 2.77. The molecule has 1 rings (SSSR count). The predicted octanol–water partition coefficient (Wildman–Crippen LogP) is 2.60. The van der Waals surface area contributed by atoms with Gasteiger partial charge in [-0.2, -0.15) is 0 Å². The van der Waals surface area contributed by atoms with Crippen molar-refractivity contribution in [3.8, 4) is 0 Å². The number of halogens is 2. The second-order valence-corrected chi connectivity index (χ2v) is 2.56. The SMILES string of the molecule is O=C(Cl)/C=C/c1ccc(F)cc1. The summed E-state index contributed by atoms with van der Waals surface area (Å²) in [5.74, 6) is -0.302. The third-order valence-corrected chi connectivity index (χ3v) is 1.40. The van der Waals surface area contributed by atoms with Gasteiger partial charge in [-0.15, -0.1) is 0 Å². The average molecular weight is 185 g/mol. The maximum atomic E-state index is 12.4. The van der Waals surface area contributed by atoms with E-state index in [4.69, 9.17) is 11.6 Å². The molecular weight excluding hydrogens is 179 g/mol. The zero-order valence-corrected chi connectivity index (χ0v) is 6.88. The average Bonchev–Trinajstić information content (AvgIpc) is 2.03. The Morgan fingerprint density at radius 2 is 1.92 bits per heavy atom. The van der Waals surface area contributed by atoms with Crippen molar-refractivity contribution < 1.29 is 9.18 Å². The second-order valence-electron chi connectivity index (χ2n) is 2.19. The van der Waals surface area contributed by atoms with Gasteiger partial charge in [0, 0.05) is 0 Å². The zero-order valence-electron chi connectivity index (χ0n) is 6.13. The van der Waals surface area contributed by atoms with Crippen LogP contribution in [0.3, 0.4) is 0 Å². The summed E-state index contributed by atoms with van der Waals surface area (Å²) < 4.78 is 12.4. The van der Waals surface area contributed by atoms with Crippen LogP contribution in [-0.4, -0.2) is 5.24 Å². The lowest BCUT2D eigenvalue weighted by atomic mass is 10.2. The van der Waals surface area contributed by atoms with Crippen LogP contribution in [0.4, 0.5) is 4.39 Å². The first kappa shape index (κ1) is 8.94. The molecule has 0 N–H and O–H groups in total. The molecule has 0 bridgehead atoms. The number of hydrogen-bond acceptors (Lipinski definition) is 1. The molecule has 0 saturated carbocycles. The van der Waals surface area contributed by atoms with E-state index in [0.717, 1.165) is 5.56 Å². The number of carbonyl (C=O) groups is 1. The highest BCUT2D eigenvalue weighted by atomic mass is 35.5. The first-order chi connectivity index (χ1) is 5.68. The Morgan fingerprint density at radius 3 is 2.42 bits per heavy atom. The fourth-order valence-corrected chi connectivity index (χ4v) is 0.799. The van der Waals surface area contributed by atoms with Crippen LogP contribution in [0.25, 0.3) is 6.08 Å². The van der Waals surface area contributed by atoms with Crippen molar-refractivity contribution in [2.24, 2.45) is 0 Å². The van der Waals surface area contributed by atoms with Gasteiger partial charge in [0.15, 0.2) is 0 Å². The molecule has 0 aliphatic heterocycles. The van der Waals surface area contributed by atoms with Crippen LogP contribution >= 0.6 is 11.6 Å². The fourth-order valence-electron chi connectivity index (χ4n) is 0.736. The molecule has 0 aliphatic rings. The van der Waals surface area contributed by atoms with E-state index in [2.05, 4.69) is 0 Å². The normalized spacial score (nSPS) is 10.5. The molecule has 0 aliphatic carbocycles. The van der Waals surface area contributed by atoms with Crippen LogP contribution in [-0.2, 0) is 4.79 Å². The summed E-state index contributed by atoms with van der Waals surface area (Å²) in [5, 5.41) is -0.542. The molecule has 1 nitrogen and oxygen atoms in total. The predicted molar refractivity (Wildman–Crippen MR) is 46.3 cm³/mol. The highest BCUT2D eigenvalue weighted by Gasteiger charge is 1.89. The zero-order chi connectivity index (χ0) is 8.97. The molecule has 0 aromatic heterocycles. The quantitative estimate of drug-likeness (QED) is 0.510. The van der Waals surface area contributed by atoms with Gasteiger partial charge in [-0.3, -0.25) is 4.79 Å². The maximum absolute atomic E-state index is 12.4. The summed E-state index contributed by atoms with van der Waals surface area (Å²) in [6.45, 7) is 0. The van der Waals surface area contributed by atoms with Gasteiger partial charge in [-0.25, -0.2) is 4.39 Å². The standard InChI is InChI=1S/C9H6ClFO/c10-9(12)6-3-7-1-4-8(11)5-2-7/h1-6H/b6-3+. The molecule has 0 unspecified atom stereocenters. The van der Waals surface area contributed by atoms with Crippen LogP contribution in [0.5, 0.6) is 0 Å². The number of carbonyl (C=O) groups excluding carboxylic acids is 1. The Labute approximate surface area is 74.5 Å². The molecule has 3 heteroatoms. The van der Waals surface area contributed by atoms with E-state index in [1.54, 1.807) is 12.1 Å². The number of hydrogen-bond donors (Lipinski definition) is 0. The van der Waals surface area contributed by atoms with Crippen LogP contribution in [0.2, 0.25) is 0 Å².